The molecular formula is C31H34FN5O3S2. The summed E-state index contributed by atoms with van der Waals surface area (Å²) in [6, 6.07) is 13.9. The molecular weight excluding hydrogens is 574 g/mol. The maximum Gasteiger partial charge on any atom is 0.235 e. The van der Waals surface area contributed by atoms with Gasteiger partial charge in [0.05, 0.1) is 5.52 Å². The van der Waals surface area contributed by atoms with E-state index in [0.29, 0.717) is 17.4 Å². The molecule has 4 N–H and O–H groups in total. The number of halogens is 1. The highest BCUT2D eigenvalue weighted by Gasteiger charge is 2.24. The average molecular weight is 608 g/mol. The van der Waals surface area contributed by atoms with Crippen LogP contribution in [0.3, 0.4) is 0 Å². The van der Waals surface area contributed by atoms with Crippen LogP contribution in [0.4, 0.5) is 10.3 Å². The number of nitrogens with zero attached hydrogens (tertiary/aromatic N) is 5. The number of piperidine rings is 1. The Balaban J connectivity index is 0.00000202. The zero-order valence-electron chi connectivity index (χ0n) is 23.7. The van der Waals surface area contributed by atoms with Crippen molar-refractivity contribution >= 4 is 39.3 Å². The molecule has 1 aliphatic rings. The van der Waals surface area contributed by atoms with E-state index in [1.54, 1.807) is 6.07 Å². The van der Waals surface area contributed by atoms with Gasteiger partial charge in [-0.3, -0.25) is 0 Å². The first-order valence-electron chi connectivity index (χ1n) is 13.4. The van der Waals surface area contributed by atoms with E-state index in [1.165, 1.54) is 35.0 Å². The van der Waals surface area contributed by atoms with Gasteiger partial charge in [-0.05, 0) is 35.4 Å². The van der Waals surface area contributed by atoms with Crippen molar-refractivity contribution < 1.29 is 20.1 Å². The van der Waals surface area contributed by atoms with Crippen LogP contribution >= 0.6 is 23.1 Å². The van der Waals surface area contributed by atoms with Crippen LogP contribution < -0.4 is 9.64 Å². The summed E-state index contributed by atoms with van der Waals surface area (Å²) in [5.41, 5.74) is 5.49. The summed E-state index contributed by atoms with van der Waals surface area (Å²) in [7, 11) is 0. The van der Waals surface area contributed by atoms with Gasteiger partial charge in [0.15, 0.2) is 0 Å². The number of anilines is 1. The topological polar surface area (TPSA) is 127 Å². The Morgan fingerprint density at radius 2 is 1.64 bits per heavy atom. The van der Waals surface area contributed by atoms with Crippen LogP contribution in [0.1, 0.15) is 38.2 Å². The molecule has 0 amide bonds. The normalized spacial score (nSPS) is 13.6. The van der Waals surface area contributed by atoms with Crippen molar-refractivity contribution in [3.8, 4) is 28.1 Å². The Morgan fingerprint density at radius 1 is 0.929 bits per heavy atom. The van der Waals surface area contributed by atoms with Crippen LogP contribution in [0.25, 0.3) is 32.5 Å². The van der Waals surface area contributed by atoms with Gasteiger partial charge >= 0.3 is 0 Å². The molecule has 0 aliphatic carbocycles. The summed E-state index contributed by atoms with van der Waals surface area (Å²) in [5.74, 6) is 1.56. The van der Waals surface area contributed by atoms with Crippen molar-refractivity contribution in [2.24, 2.45) is 0 Å². The molecule has 0 radical (unpaired) electrons. The number of fused-ring (bicyclic) bond motifs is 1. The molecule has 11 heteroatoms. The van der Waals surface area contributed by atoms with E-state index >= 15 is 0 Å². The molecule has 1 aliphatic heterocycles. The van der Waals surface area contributed by atoms with Crippen molar-refractivity contribution in [3.05, 3.63) is 77.9 Å². The maximum absolute atomic E-state index is 14.8. The first-order valence-corrected chi connectivity index (χ1v) is 15.5. The minimum absolute atomic E-state index is 0. The van der Waals surface area contributed by atoms with Crippen LogP contribution in [0.2, 0.25) is 0 Å². The SMILES string of the molecule is CSc1ccc(-c2csc3c(OC4CCN(c5ncc(-c6ccc(C(C)C)cc6)cn5)CC4)ncnc23)c(F)c1.O.O. The first-order chi connectivity index (χ1) is 19.5. The number of benzene rings is 2. The van der Waals surface area contributed by atoms with Crippen molar-refractivity contribution in [2.75, 3.05) is 24.2 Å². The largest absolute Gasteiger partial charge is 0.473 e. The average Bonchev–Trinajstić information content (AvgIpc) is 3.42. The zero-order valence-corrected chi connectivity index (χ0v) is 25.3. The second-order valence-electron chi connectivity index (χ2n) is 10.2. The lowest BCUT2D eigenvalue weighted by atomic mass is 10.00. The summed E-state index contributed by atoms with van der Waals surface area (Å²) in [6.45, 7) is 5.98. The summed E-state index contributed by atoms with van der Waals surface area (Å²) in [5, 5.41) is 1.94. The van der Waals surface area contributed by atoms with Crippen LogP contribution in [0, 0.1) is 5.82 Å². The second kappa shape index (κ2) is 13.6. The monoisotopic (exact) mass is 607 g/mol. The van der Waals surface area contributed by atoms with E-state index in [0.717, 1.165) is 63.7 Å². The molecule has 4 heterocycles. The standard InChI is InChI=1S/C31H30FN5OS2.2H2O/c1-19(2)20-4-6-21(7-5-20)22-15-33-31(34-16-22)37-12-10-23(11-13-37)38-30-29-28(35-18-36-30)26(17-40-29)25-9-8-24(39-3)14-27(25)32;;/h4-9,14-19,23H,10-13H2,1-3H3;2*1H2. The molecule has 1 saturated heterocycles. The molecule has 6 rings (SSSR count). The molecule has 0 unspecified atom stereocenters. The van der Waals surface area contributed by atoms with Crippen molar-refractivity contribution in [3.63, 3.8) is 0 Å². The molecule has 0 atom stereocenters. The number of ether oxygens (including phenoxy) is 1. The highest BCUT2D eigenvalue weighted by atomic mass is 32.2. The van der Waals surface area contributed by atoms with Gasteiger partial charge in [-0.1, -0.05) is 44.2 Å². The summed E-state index contributed by atoms with van der Waals surface area (Å²) in [4.78, 5) is 21.3. The summed E-state index contributed by atoms with van der Waals surface area (Å²) < 4.78 is 22.0. The Labute approximate surface area is 252 Å². The third-order valence-electron chi connectivity index (χ3n) is 7.34. The Hall–Kier alpha value is -3.64. The molecule has 0 saturated carbocycles. The molecule has 1 fully saturated rings. The van der Waals surface area contributed by atoms with Gasteiger partial charge in [0.25, 0.3) is 0 Å². The maximum atomic E-state index is 14.8. The number of hydrogen-bond donors (Lipinski definition) is 0. The van der Waals surface area contributed by atoms with E-state index < -0.39 is 0 Å². The van der Waals surface area contributed by atoms with Gasteiger partial charge in [-0.15, -0.1) is 23.1 Å². The number of hydrogen-bond acceptors (Lipinski definition) is 8. The second-order valence-corrected chi connectivity index (χ2v) is 12.0. The minimum atomic E-state index is -0.251. The quantitative estimate of drug-likeness (QED) is 0.202. The highest BCUT2D eigenvalue weighted by molar-refractivity contribution is 7.98. The van der Waals surface area contributed by atoms with E-state index in [4.69, 9.17) is 4.74 Å². The number of rotatable bonds is 7. The minimum Gasteiger partial charge on any atom is -0.473 e. The number of aromatic nitrogens is 4. The van der Waals surface area contributed by atoms with E-state index in [9.17, 15) is 4.39 Å². The van der Waals surface area contributed by atoms with Crippen molar-refractivity contribution in [1.29, 1.82) is 0 Å². The highest BCUT2D eigenvalue weighted by Crippen LogP contribution is 2.39. The lowest BCUT2D eigenvalue weighted by Gasteiger charge is -2.31. The van der Waals surface area contributed by atoms with E-state index in [2.05, 4.69) is 62.9 Å². The molecule has 220 valence electrons. The molecule has 0 spiro atoms. The van der Waals surface area contributed by atoms with Crippen molar-refractivity contribution in [2.45, 2.75) is 43.6 Å². The fourth-order valence-corrected chi connectivity index (χ4v) is 6.35. The van der Waals surface area contributed by atoms with Crippen LogP contribution in [-0.2, 0) is 0 Å². The smallest absolute Gasteiger partial charge is 0.235 e. The van der Waals surface area contributed by atoms with E-state index in [1.807, 2.05) is 36.2 Å². The number of thioether (sulfide) groups is 1. The Bertz CT molecular complexity index is 1620. The molecule has 0 bridgehead atoms. The van der Waals surface area contributed by atoms with Gasteiger partial charge < -0.3 is 20.6 Å². The Morgan fingerprint density at radius 3 is 2.29 bits per heavy atom. The van der Waals surface area contributed by atoms with Gasteiger partial charge in [-0.2, -0.15) is 0 Å². The van der Waals surface area contributed by atoms with Crippen LogP contribution in [0.5, 0.6) is 5.88 Å². The zero-order chi connectivity index (χ0) is 27.6. The lowest BCUT2D eigenvalue weighted by molar-refractivity contribution is 0.166. The predicted molar refractivity (Wildman–Crippen MR) is 169 cm³/mol. The lowest BCUT2D eigenvalue weighted by Crippen LogP contribution is -2.39. The fourth-order valence-electron chi connectivity index (χ4n) is 4.97. The van der Waals surface area contributed by atoms with Gasteiger partial charge in [0, 0.05) is 65.3 Å². The molecule has 2 aromatic carbocycles. The van der Waals surface area contributed by atoms with Crippen LogP contribution in [0.15, 0.2) is 71.5 Å². The predicted octanol–water partition coefficient (Wildman–Crippen LogP) is 6.20. The molecule has 5 aromatic rings. The number of thiophene rings is 1. The van der Waals surface area contributed by atoms with Gasteiger partial charge in [0.1, 0.15) is 22.9 Å². The Kier molecular flexibility index (Phi) is 10.1. The summed E-state index contributed by atoms with van der Waals surface area (Å²) in [6.07, 6.45) is 8.93. The van der Waals surface area contributed by atoms with Crippen LogP contribution in [-0.4, -0.2) is 56.3 Å². The van der Waals surface area contributed by atoms with Crippen molar-refractivity contribution in [1.82, 2.24) is 19.9 Å². The molecule has 8 nitrogen and oxygen atoms in total. The third kappa shape index (κ3) is 6.39. The van der Waals surface area contributed by atoms with Gasteiger partial charge in [-0.25, -0.2) is 24.3 Å². The van der Waals surface area contributed by atoms with E-state index in [-0.39, 0.29) is 22.9 Å². The first kappa shape index (κ1) is 31.3. The summed E-state index contributed by atoms with van der Waals surface area (Å²) >= 11 is 3.01. The third-order valence-corrected chi connectivity index (χ3v) is 9.02. The molecule has 42 heavy (non-hydrogen) atoms. The molecule has 3 aromatic heterocycles. The van der Waals surface area contributed by atoms with Gasteiger partial charge in [0.2, 0.25) is 11.8 Å². The fraction of sp³-hybridized carbons (Fsp3) is 0.290.